The minimum absolute atomic E-state index is 0.230. The molecule has 0 radical (unpaired) electrons. The first kappa shape index (κ1) is 18.5. The molecule has 1 unspecified atom stereocenters. The number of Topliss-reactive ketones (excluding diaryl/α,β-unsaturated/α-hetero) is 1. The highest BCUT2D eigenvalue weighted by Gasteiger charge is 2.32. The van der Waals surface area contributed by atoms with Gasteiger partial charge in [-0.15, -0.1) is 0 Å². The molecule has 0 aliphatic carbocycles. The van der Waals surface area contributed by atoms with Crippen LogP contribution in [0.25, 0.3) is 5.57 Å². The molecule has 4 nitrogen and oxygen atoms in total. The molecular weight excluding hydrogens is 314 g/mol. The van der Waals surface area contributed by atoms with E-state index in [1.165, 1.54) is 0 Å². The first-order valence-electron chi connectivity index (χ1n) is 8.24. The van der Waals surface area contributed by atoms with E-state index in [1.54, 1.807) is 30.2 Å². The third-order valence-corrected chi connectivity index (χ3v) is 3.65. The maximum absolute atomic E-state index is 13.3. The first-order valence-corrected chi connectivity index (χ1v) is 8.24. The number of hydrogen-bond donors (Lipinski definition) is 0. The maximum Gasteiger partial charge on any atom is 0.321 e. The zero-order valence-electron chi connectivity index (χ0n) is 14.8. The lowest BCUT2D eigenvalue weighted by molar-refractivity contribution is -0.146. The second-order valence-electron chi connectivity index (χ2n) is 5.83. The van der Waals surface area contributed by atoms with Crippen LogP contribution in [0.2, 0.25) is 0 Å². The van der Waals surface area contributed by atoms with Crippen molar-refractivity contribution in [2.24, 2.45) is 0 Å². The van der Waals surface area contributed by atoms with Crippen LogP contribution in [0.5, 0.6) is 0 Å². The van der Waals surface area contributed by atoms with E-state index in [-0.39, 0.29) is 12.4 Å². The Hall–Kier alpha value is -2.88. The fourth-order valence-electron chi connectivity index (χ4n) is 2.58. The summed E-state index contributed by atoms with van der Waals surface area (Å²) in [6.07, 6.45) is 1.74. The highest BCUT2D eigenvalue weighted by Crippen LogP contribution is 2.27. The molecule has 0 N–H and O–H groups in total. The van der Waals surface area contributed by atoms with Gasteiger partial charge in [-0.05, 0) is 18.1 Å². The molecule has 25 heavy (non-hydrogen) atoms. The van der Waals surface area contributed by atoms with E-state index >= 15 is 0 Å². The average molecular weight is 337 g/mol. The Morgan fingerprint density at radius 3 is 2.08 bits per heavy atom. The van der Waals surface area contributed by atoms with Gasteiger partial charge in [0.1, 0.15) is 5.92 Å². The number of esters is 1. The van der Waals surface area contributed by atoms with Gasteiger partial charge < -0.3 is 9.64 Å². The Kier molecular flexibility index (Phi) is 6.52. The van der Waals surface area contributed by atoms with E-state index in [9.17, 15) is 9.59 Å². The molecule has 0 aliphatic heterocycles. The van der Waals surface area contributed by atoms with Crippen LogP contribution in [-0.2, 0) is 14.3 Å². The predicted octanol–water partition coefficient (Wildman–Crippen LogP) is 3.51. The van der Waals surface area contributed by atoms with E-state index in [4.69, 9.17) is 4.74 Å². The maximum atomic E-state index is 13.3. The monoisotopic (exact) mass is 337 g/mol. The van der Waals surface area contributed by atoms with Gasteiger partial charge in [-0.25, -0.2) is 0 Å². The first-order chi connectivity index (χ1) is 12.0. The summed E-state index contributed by atoms with van der Waals surface area (Å²) in [4.78, 5) is 27.6. The summed E-state index contributed by atoms with van der Waals surface area (Å²) in [5, 5.41) is 0. The topological polar surface area (TPSA) is 46.6 Å². The average Bonchev–Trinajstić information content (AvgIpc) is 2.61. The Morgan fingerprint density at radius 1 is 1.00 bits per heavy atom. The molecule has 0 bridgehead atoms. The number of carbonyl (C=O) groups excluding carboxylic acids is 2. The normalized spacial score (nSPS) is 12.4. The van der Waals surface area contributed by atoms with Crippen molar-refractivity contribution in [1.82, 2.24) is 4.90 Å². The molecule has 0 saturated heterocycles. The van der Waals surface area contributed by atoms with Gasteiger partial charge >= 0.3 is 5.97 Å². The molecule has 130 valence electrons. The lowest BCUT2D eigenvalue weighted by Crippen LogP contribution is -2.26. The zero-order chi connectivity index (χ0) is 18.2. The van der Waals surface area contributed by atoms with Crippen molar-refractivity contribution in [2.45, 2.75) is 12.8 Å². The molecule has 0 heterocycles. The van der Waals surface area contributed by atoms with Crippen molar-refractivity contribution in [3.8, 4) is 0 Å². The van der Waals surface area contributed by atoms with Crippen LogP contribution in [0.15, 0.2) is 66.9 Å². The largest absolute Gasteiger partial charge is 0.465 e. The lowest BCUT2D eigenvalue weighted by atomic mass is 9.88. The summed E-state index contributed by atoms with van der Waals surface area (Å²) in [7, 11) is 3.69. The summed E-state index contributed by atoms with van der Waals surface area (Å²) < 4.78 is 5.17. The van der Waals surface area contributed by atoms with E-state index in [2.05, 4.69) is 0 Å². The second-order valence-corrected chi connectivity index (χ2v) is 5.83. The predicted molar refractivity (Wildman–Crippen MR) is 98.9 cm³/mol. The quantitative estimate of drug-likeness (QED) is 0.441. The van der Waals surface area contributed by atoms with Gasteiger partial charge in [-0.1, -0.05) is 60.7 Å². The molecule has 0 aliphatic rings. The number of rotatable bonds is 7. The number of carbonyl (C=O) groups is 2. The summed E-state index contributed by atoms with van der Waals surface area (Å²) in [5.41, 5.74) is 1.88. The van der Waals surface area contributed by atoms with Crippen molar-refractivity contribution >= 4 is 17.3 Å². The van der Waals surface area contributed by atoms with Crippen molar-refractivity contribution < 1.29 is 14.3 Å². The van der Waals surface area contributed by atoms with Crippen molar-refractivity contribution in [2.75, 3.05) is 20.7 Å². The molecule has 0 saturated carbocycles. The molecule has 2 aromatic carbocycles. The van der Waals surface area contributed by atoms with Crippen LogP contribution in [0.4, 0.5) is 0 Å². The smallest absolute Gasteiger partial charge is 0.321 e. The van der Waals surface area contributed by atoms with Gasteiger partial charge in [0.15, 0.2) is 5.78 Å². The molecule has 0 aromatic heterocycles. The van der Waals surface area contributed by atoms with Crippen LogP contribution in [0.1, 0.15) is 24.0 Å². The molecule has 0 fully saturated rings. The van der Waals surface area contributed by atoms with Crippen molar-refractivity contribution in [3.63, 3.8) is 0 Å². The minimum atomic E-state index is -0.979. The Morgan fingerprint density at radius 2 is 1.56 bits per heavy atom. The van der Waals surface area contributed by atoms with E-state index in [1.807, 2.05) is 62.6 Å². The Bertz CT molecular complexity index is 736. The standard InChI is InChI=1S/C21H23NO3/c1-4-25-21(24)19(17-13-9-6-10-14-17)20(23)18(15-22(2)3)16-11-7-5-8-12-16/h5-15,19H,4H2,1-3H3. The highest BCUT2D eigenvalue weighted by molar-refractivity contribution is 6.29. The van der Waals surface area contributed by atoms with Crippen molar-refractivity contribution in [1.29, 1.82) is 0 Å². The number of benzene rings is 2. The number of hydrogen-bond acceptors (Lipinski definition) is 4. The minimum Gasteiger partial charge on any atom is -0.465 e. The molecular formula is C21H23NO3. The summed E-state index contributed by atoms with van der Waals surface area (Å²) in [6, 6.07) is 18.4. The zero-order valence-corrected chi connectivity index (χ0v) is 14.8. The number of allylic oxidation sites excluding steroid dienone is 1. The van der Waals surface area contributed by atoms with Gasteiger partial charge in [0.2, 0.25) is 0 Å². The number of nitrogens with zero attached hydrogens (tertiary/aromatic N) is 1. The SMILES string of the molecule is CCOC(=O)C(C(=O)C(=CN(C)C)c1ccccc1)c1ccccc1. The third kappa shape index (κ3) is 4.80. The highest BCUT2D eigenvalue weighted by atomic mass is 16.5. The summed E-state index contributed by atoms with van der Waals surface area (Å²) in [6.45, 7) is 1.96. The molecule has 1 atom stereocenters. The van der Waals surface area contributed by atoms with E-state index in [0.29, 0.717) is 11.1 Å². The van der Waals surface area contributed by atoms with Crippen LogP contribution < -0.4 is 0 Å². The van der Waals surface area contributed by atoms with Crippen LogP contribution in [0.3, 0.4) is 0 Å². The van der Waals surface area contributed by atoms with Gasteiger partial charge in [0, 0.05) is 25.9 Å². The molecule has 0 spiro atoms. The third-order valence-electron chi connectivity index (χ3n) is 3.65. The number of ether oxygens (including phenoxy) is 1. The fourth-order valence-corrected chi connectivity index (χ4v) is 2.58. The summed E-state index contributed by atoms with van der Waals surface area (Å²) >= 11 is 0. The molecule has 2 rings (SSSR count). The number of ketones is 1. The van der Waals surface area contributed by atoms with E-state index < -0.39 is 11.9 Å². The molecule has 0 amide bonds. The second kappa shape index (κ2) is 8.83. The van der Waals surface area contributed by atoms with Gasteiger partial charge in [-0.2, -0.15) is 0 Å². The Labute approximate surface area is 148 Å². The fraction of sp³-hybridized carbons (Fsp3) is 0.238. The van der Waals surface area contributed by atoms with Gasteiger partial charge in [0.05, 0.1) is 6.61 Å². The van der Waals surface area contributed by atoms with E-state index in [0.717, 1.165) is 5.56 Å². The van der Waals surface area contributed by atoms with Crippen LogP contribution in [-0.4, -0.2) is 37.4 Å². The van der Waals surface area contributed by atoms with Crippen LogP contribution >= 0.6 is 0 Å². The van der Waals surface area contributed by atoms with Gasteiger partial charge in [-0.3, -0.25) is 9.59 Å². The molecule has 4 heteroatoms. The van der Waals surface area contributed by atoms with Crippen LogP contribution in [0, 0.1) is 0 Å². The van der Waals surface area contributed by atoms with Crippen molar-refractivity contribution in [3.05, 3.63) is 78.0 Å². The van der Waals surface area contributed by atoms with Gasteiger partial charge in [0.25, 0.3) is 0 Å². The molecule has 2 aromatic rings. The Balaban J connectivity index is 2.50. The summed E-state index contributed by atoms with van der Waals surface area (Å²) in [5.74, 6) is -1.78. The lowest BCUT2D eigenvalue weighted by Gasteiger charge is -2.18.